The standard InChI is InChI=1S/C23H28N2O3/c1-17(14-15-26)8-13-22(18(2)24)23(27)25-16-19-9-11-21(12-10-19)28-20-6-4-3-5-7-20/h3-13,17,26H,14-16,24H2,1-2H3,(H,25,27)/b13-8-,22-18-. The highest BCUT2D eigenvalue weighted by molar-refractivity contribution is 5.96. The van der Waals surface area contributed by atoms with Gasteiger partial charge in [-0.25, -0.2) is 0 Å². The van der Waals surface area contributed by atoms with Crippen molar-refractivity contribution in [2.75, 3.05) is 6.61 Å². The Bertz CT molecular complexity index is 808. The highest BCUT2D eigenvalue weighted by atomic mass is 16.5. The molecule has 0 heterocycles. The van der Waals surface area contributed by atoms with Gasteiger partial charge in [-0.3, -0.25) is 4.79 Å². The van der Waals surface area contributed by atoms with Crippen LogP contribution in [0, 0.1) is 5.92 Å². The number of amides is 1. The molecule has 2 rings (SSSR count). The summed E-state index contributed by atoms with van der Waals surface area (Å²) in [5, 5.41) is 11.9. The summed E-state index contributed by atoms with van der Waals surface area (Å²) in [5.41, 5.74) is 7.71. The number of carbonyl (C=O) groups is 1. The summed E-state index contributed by atoms with van der Waals surface area (Å²) in [6.45, 7) is 4.18. The maximum atomic E-state index is 12.5. The summed E-state index contributed by atoms with van der Waals surface area (Å²) in [7, 11) is 0. The number of hydrogen-bond donors (Lipinski definition) is 3. The molecule has 0 radical (unpaired) electrons. The van der Waals surface area contributed by atoms with Gasteiger partial charge >= 0.3 is 0 Å². The van der Waals surface area contributed by atoms with E-state index in [1.54, 1.807) is 13.0 Å². The van der Waals surface area contributed by atoms with Crippen LogP contribution in [0.15, 0.2) is 78.0 Å². The van der Waals surface area contributed by atoms with Gasteiger partial charge in [0.1, 0.15) is 11.5 Å². The molecule has 0 aliphatic heterocycles. The van der Waals surface area contributed by atoms with Crippen molar-refractivity contribution in [2.45, 2.75) is 26.8 Å². The van der Waals surface area contributed by atoms with Crippen molar-refractivity contribution in [3.8, 4) is 11.5 Å². The monoisotopic (exact) mass is 380 g/mol. The molecular weight excluding hydrogens is 352 g/mol. The molecule has 5 heteroatoms. The van der Waals surface area contributed by atoms with Crippen LogP contribution in [0.4, 0.5) is 0 Å². The molecule has 2 aromatic carbocycles. The minimum Gasteiger partial charge on any atom is -0.457 e. The Morgan fingerprint density at radius 1 is 1.14 bits per heavy atom. The molecule has 0 aliphatic carbocycles. The van der Waals surface area contributed by atoms with Crippen molar-refractivity contribution < 1.29 is 14.6 Å². The number of hydrogen-bond acceptors (Lipinski definition) is 4. The molecule has 148 valence electrons. The fourth-order valence-corrected chi connectivity index (χ4v) is 2.52. The van der Waals surface area contributed by atoms with Crippen LogP contribution in [-0.4, -0.2) is 17.6 Å². The van der Waals surface area contributed by atoms with Crippen molar-refractivity contribution in [1.29, 1.82) is 0 Å². The lowest BCUT2D eigenvalue weighted by atomic mass is 10.1. The number of ether oxygens (including phenoxy) is 1. The Kier molecular flexibility index (Phi) is 8.31. The van der Waals surface area contributed by atoms with Crippen molar-refractivity contribution in [3.63, 3.8) is 0 Å². The van der Waals surface area contributed by atoms with E-state index in [0.29, 0.717) is 24.2 Å². The van der Waals surface area contributed by atoms with Gasteiger partial charge in [-0.1, -0.05) is 49.4 Å². The summed E-state index contributed by atoms with van der Waals surface area (Å²) in [4.78, 5) is 12.5. The van der Waals surface area contributed by atoms with Crippen molar-refractivity contribution in [2.24, 2.45) is 11.7 Å². The number of carbonyl (C=O) groups excluding carboxylic acids is 1. The number of para-hydroxylation sites is 1. The molecule has 0 fully saturated rings. The van der Waals surface area contributed by atoms with Gasteiger partial charge in [-0.2, -0.15) is 0 Å². The second kappa shape index (κ2) is 10.9. The van der Waals surface area contributed by atoms with Gasteiger partial charge in [0.15, 0.2) is 0 Å². The molecule has 0 aliphatic rings. The van der Waals surface area contributed by atoms with Gasteiger partial charge < -0.3 is 20.9 Å². The lowest BCUT2D eigenvalue weighted by molar-refractivity contribution is -0.117. The van der Waals surface area contributed by atoms with Crippen LogP contribution in [-0.2, 0) is 11.3 Å². The van der Waals surface area contributed by atoms with E-state index in [0.717, 1.165) is 17.1 Å². The van der Waals surface area contributed by atoms with Crippen molar-refractivity contribution >= 4 is 5.91 Å². The maximum Gasteiger partial charge on any atom is 0.253 e. The van der Waals surface area contributed by atoms with Gasteiger partial charge in [-0.15, -0.1) is 0 Å². The van der Waals surface area contributed by atoms with Crippen molar-refractivity contribution in [3.05, 3.63) is 83.6 Å². The number of allylic oxidation sites excluding steroid dienone is 2. The van der Waals surface area contributed by atoms with Gasteiger partial charge in [0.2, 0.25) is 0 Å². The van der Waals surface area contributed by atoms with E-state index in [2.05, 4.69) is 5.32 Å². The predicted molar refractivity (Wildman–Crippen MR) is 112 cm³/mol. The fourth-order valence-electron chi connectivity index (χ4n) is 2.52. The number of aliphatic hydroxyl groups excluding tert-OH is 1. The molecule has 28 heavy (non-hydrogen) atoms. The van der Waals surface area contributed by atoms with E-state index < -0.39 is 0 Å². The van der Waals surface area contributed by atoms with Crippen LogP contribution in [0.25, 0.3) is 0 Å². The second-order valence-electron chi connectivity index (χ2n) is 6.69. The average Bonchev–Trinajstić information content (AvgIpc) is 2.68. The van der Waals surface area contributed by atoms with Crippen LogP contribution >= 0.6 is 0 Å². The summed E-state index contributed by atoms with van der Waals surface area (Å²) in [6, 6.07) is 17.1. The third-order valence-electron chi connectivity index (χ3n) is 4.20. The van der Waals surface area contributed by atoms with Crippen LogP contribution in [0.3, 0.4) is 0 Å². The smallest absolute Gasteiger partial charge is 0.253 e. The van der Waals surface area contributed by atoms with E-state index in [1.165, 1.54) is 0 Å². The molecule has 0 saturated carbocycles. The highest BCUT2D eigenvalue weighted by Crippen LogP contribution is 2.21. The molecule has 0 bridgehead atoms. The van der Waals surface area contributed by atoms with Gasteiger partial charge in [0, 0.05) is 18.8 Å². The molecule has 0 spiro atoms. The largest absolute Gasteiger partial charge is 0.457 e. The Morgan fingerprint density at radius 2 is 1.79 bits per heavy atom. The third-order valence-corrected chi connectivity index (χ3v) is 4.20. The van der Waals surface area contributed by atoms with Gasteiger partial charge in [0.05, 0.1) is 5.57 Å². The third kappa shape index (κ3) is 6.93. The lowest BCUT2D eigenvalue weighted by Gasteiger charge is -2.10. The molecule has 5 nitrogen and oxygen atoms in total. The van der Waals surface area contributed by atoms with Crippen LogP contribution in [0.1, 0.15) is 25.8 Å². The molecule has 1 unspecified atom stereocenters. The normalized spacial score (nSPS) is 13.1. The first kappa shape index (κ1) is 21.3. The molecule has 1 amide bonds. The molecule has 2 aromatic rings. The molecular formula is C23H28N2O3. The first-order valence-corrected chi connectivity index (χ1v) is 9.35. The van der Waals surface area contributed by atoms with Crippen LogP contribution in [0.5, 0.6) is 11.5 Å². The fraction of sp³-hybridized carbons (Fsp3) is 0.261. The first-order valence-electron chi connectivity index (χ1n) is 9.35. The van der Waals surface area contributed by atoms with E-state index in [9.17, 15) is 4.79 Å². The lowest BCUT2D eigenvalue weighted by Crippen LogP contribution is -2.25. The molecule has 0 saturated heterocycles. The van der Waals surface area contributed by atoms with Gasteiger partial charge in [0.25, 0.3) is 5.91 Å². The minimum absolute atomic E-state index is 0.113. The number of benzene rings is 2. The van der Waals surface area contributed by atoms with Crippen molar-refractivity contribution in [1.82, 2.24) is 5.32 Å². The first-order chi connectivity index (χ1) is 13.5. The van der Waals surface area contributed by atoms with E-state index in [4.69, 9.17) is 15.6 Å². The molecule has 4 N–H and O–H groups in total. The number of nitrogens with one attached hydrogen (secondary N) is 1. The SMILES string of the molecule is C/C(N)=C(\C=C/C(C)CCO)C(=O)NCc1ccc(Oc2ccccc2)cc1. The Balaban J connectivity index is 1.92. The summed E-state index contributed by atoms with van der Waals surface area (Å²) in [5.74, 6) is 1.46. The minimum atomic E-state index is -0.225. The zero-order valence-corrected chi connectivity index (χ0v) is 16.4. The molecule has 1 atom stereocenters. The quantitative estimate of drug-likeness (QED) is 0.455. The van der Waals surface area contributed by atoms with E-state index in [-0.39, 0.29) is 18.4 Å². The van der Waals surface area contributed by atoms with E-state index >= 15 is 0 Å². The summed E-state index contributed by atoms with van der Waals surface area (Å²) < 4.78 is 5.76. The number of rotatable bonds is 9. The summed E-state index contributed by atoms with van der Waals surface area (Å²) in [6.07, 6.45) is 4.26. The van der Waals surface area contributed by atoms with E-state index in [1.807, 2.05) is 67.6 Å². The Morgan fingerprint density at radius 3 is 2.39 bits per heavy atom. The zero-order valence-electron chi connectivity index (χ0n) is 16.4. The highest BCUT2D eigenvalue weighted by Gasteiger charge is 2.09. The Hall–Kier alpha value is -3.05. The maximum absolute atomic E-state index is 12.5. The topological polar surface area (TPSA) is 84.6 Å². The van der Waals surface area contributed by atoms with Crippen LogP contribution < -0.4 is 15.8 Å². The Labute approximate surface area is 166 Å². The predicted octanol–water partition coefficient (Wildman–Crippen LogP) is 3.90. The van der Waals surface area contributed by atoms with Gasteiger partial charge in [-0.05, 0) is 49.1 Å². The average molecular weight is 380 g/mol. The number of nitrogens with two attached hydrogens (primary N) is 1. The van der Waals surface area contributed by atoms with Crippen LogP contribution in [0.2, 0.25) is 0 Å². The zero-order chi connectivity index (χ0) is 20.4. The second-order valence-corrected chi connectivity index (χ2v) is 6.69. The molecule has 0 aromatic heterocycles. The number of aliphatic hydroxyl groups is 1. The summed E-state index contributed by atoms with van der Waals surface area (Å²) >= 11 is 0.